The van der Waals surface area contributed by atoms with Gasteiger partial charge in [0.05, 0.1) is 12.7 Å². The molecule has 0 saturated heterocycles. The van der Waals surface area contributed by atoms with Crippen LogP contribution in [-0.4, -0.2) is 24.3 Å². The summed E-state index contributed by atoms with van der Waals surface area (Å²) in [6.45, 7) is 0. The van der Waals surface area contributed by atoms with Crippen LogP contribution in [0, 0.1) is 0 Å². The minimum Gasteiger partial charge on any atom is -0.504 e. The molecular formula is C12H14O3S. The first kappa shape index (κ1) is 12.6. The fourth-order valence-electron chi connectivity index (χ4n) is 1.29. The first-order chi connectivity index (χ1) is 7.72. The van der Waals surface area contributed by atoms with Crippen molar-refractivity contribution < 1.29 is 14.6 Å². The van der Waals surface area contributed by atoms with Gasteiger partial charge in [-0.2, -0.15) is 12.6 Å². The van der Waals surface area contributed by atoms with Gasteiger partial charge in [-0.15, -0.1) is 0 Å². The number of phenolic OH excluding ortho intramolecular Hbond substituents is 1. The van der Waals surface area contributed by atoms with Gasteiger partial charge in [-0.25, -0.2) is 0 Å². The lowest BCUT2D eigenvalue weighted by atomic mass is 10.1. The Morgan fingerprint density at radius 2 is 2.25 bits per heavy atom. The minimum atomic E-state index is -0.121. The molecule has 1 aromatic rings. The van der Waals surface area contributed by atoms with Crippen LogP contribution in [0.25, 0.3) is 6.08 Å². The van der Waals surface area contributed by atoms with Crippen LogP contribution in [0.3, 0.4) is 0 Å². The van der Waals surface area contributed by atoms with Gasteiger partial charge in [-0.1, -0.05) is 12.2 Å². The van der Waals surface area contributed by atoms with Crippen molar-refractivity contribution in [3.63, 3.8) is 0 Å². The van der Waals surface area contributed by atoms with E-state index in [1.807, 2.05) is 12.2 Å². The normalized spacial score (nSPS) is 10.6. The van der Waals surface area contributed by atoms with E-state index in [1.165, 1.54) is 7.11 Å². The Balaban J connectivity index is 3.07. The Labute approximate surface area is 100 Å². The predicted octanol–water partition coefficient (Wildman–Crippen LogP) is 2.55. The molecule has 0 aliphatic heterocycles. The monoisotopic (exact) mass is 238 g/mol. The number of methoxy groups -OCH3 is 1. The van der Waals surface area contributed by atoms with Gasteiger partial charge in [-0.05, 0) is 29.9 Å². The number of ether oxygens (including phenoxy) is 1. The summed E-state index contributed by atoms with van der Waals surface area (Å²) in [6.07, 6.45) is 5.27. The van der Waals surface area contributed by atoms with Gasteiger partial charge < -0.3 is 9.84 Å². The van der Waals surface area contributed by atoms with Crippen molar-refractivity contribution in [1.82, 2.24) is 0 Å². The molecule has 0 spiro atoms. The van der Waals surface area contributed by atoms with E-state index < -0.39 is 0 Å². The highest BCUT2D eigenvalue weighted by atomic mass is 32.1. The molecule has 0 unspecified atom stereocenters. The predicted molar refractivity (Wildman–Crippen MR) is 67.6 cm³/mol. The number of hydrogen-bond acceptors (Lipinski definition) is 4. The topological polar surface area (TPSA) is 46.5 Å². The standard InChI is InChI=1S/C12H14O3S/c1-15-11-7-9(4-2-3-5-16)6-10(8-13)12(11)14/h2,4,6-8,14,16H,3,5H2,1H3. The second-order valence-corrected chi connectivity index (χ2v) is 3.64. The highest BCUT2D eigenvalue weighted by molar-refractivity contribution is 7.80. The zero-order chi connectivity index (χ0) is 12.0. The van der Waals surface area contributed by atoms with Crippen molar-refractivity contribution in [1.29, 1.82) is 0 Å². The molecule has 0 amide bonds. The van der Waals surface area contributed by atoms with Crippen LogP contribution in [0.5, 0.6) is 11.5 Å². The molecule has 1 N–H and O–H groups in total. The highest BCUT2D eigenvalue weighted by Crippen LogP contribution is 2.30. The summed E-state index contributed by atoms with van der Waals surface area (Å²) >= 11 is 4.09. The van der Waals surface area contributed by atoms with Gasteiger partial charge in [0.25, 0.3) is 0 Å². The smallest absolute Gasteiger partial charge is 0.168 e. The van der Waals surface area contributed by atoms with Gasteiger partial charge in [0.1, 0.15) is 0 Å². The number of carbonyl (C=O) groups excluding carboxylic acids is 1. The number of thiol groups is 1. The Morgan fingerprint density at radius 3 is 2.81 bits per heavy atom. The van der Waals surface area contributed by atoms with Crippen molar-refractivity contribution in [3.05, 3.63) is 29.3 Å². The molecule has 0 bridgehead atoms. The maximum atomic E-state index is 10.7. The average Bonchev–Trinajstić information content (AvgIpc) is 2.31. The van der Waals surface area contributed by atoms with Crippen molar-refractivity contribution in [3.8, 4) is 11.5 Å². The lowest BCUT2D eigenvalue weighted by Gasteiger charge is -2.06. The van der Waals surface area contributed by atoms with Crippen LogP contribution < -0.4 is 4.74 Å². The third kappa shape index (κ3) is 3.03. The van der Waals surface area contributed by atoms with E-state index in [1.54, 1.807) is 12.1 Å². The van der Waals surface area contributed by atoms with E-state index in [9.17, 15) is 9.90 Å². The molecule has 1 rings (SSSR count). The maximum absolute atomic E-state index is 10.7. The van der Waals surface area contributed by atoms with E-state index in [0.29, 0.717) is 12.0 Å². The minimum absolute atomic E-state index is 0.121. The number of aldehydes is 1. The number of rotatable bonds is 5. The molecule has 0 aromatic heterocycles. The van der Waals surface area contributed by atoms with Crippen LogP contribution in [-0.2, 0) is 0 Å². The molecule has 4 heteroatoms. The number of carbonyl (C=O) groups is 1. The van der Waals surface area contributed by atoms with Crippen LogP contribution >= 0.6 is 12.6 Å². The van der Waals surface area contributed by atoms with E-state index in [0.717, 1.165) is 17.7 Å². The molecule has 0 heterocycles. The maximum Gasteiger partial charge on any atom is 0.168 e. The Kier molecular flexibility index (Phi) is 4.92. The molecule has 0 saturated carbocycles. The van der Waals surface area contributed by atoms with E-state index in [-0.39, 0.29) is 11.3 Å². The number of allylic oxidation sites excluding steroid dienone is 1. The van der Waals surface area contributed by atoms with Crippen molar-refractivity contribution in [2.75, 3.05) is 12.9 Å². The first-order valence-electron chi connectivity index (χ1n) is 4.86. The van der Waals surface area contributed by atoms with Crippen molar-refractivity contribution in [2.24, 2.45) is 0 Å². The summed E-state index contributed by atoms with van der Waals surface area (Å²) in [5, 5.41) is 9.59. The molecule has 3 nitrogen and oxygen atoms in total. The summed E-state index contributed by atoms with van der Waals surface area (Å²) in [5.74, 6) is 0.950. The fraction of sp³-hybridized carbons (Fsp3) is 0.250. The number of phenols is 1. The summed E-state index contributed by atoms with van der Waals surface area (Å²) in [5.41, 5.74) is 1.04. The van der Waals surface area contributed by atoms with Crippen LogP contribution in [0.2, 0.25) is 0 Å². The van der Waals surface area contributed by atoms with E-state index >= 15 is 0 Å². The molecule has 86 valence electrons. The number of benzene rings is 1. The molecule has 0 atom stereocenters. The zero-order valence-electron chi connectivity index (χ0n) is 9.01. The average molecular weight is 238 g/mol. The third-order valence-corrected chi connectivity index (χ3v) is 2.34. The lowest BCUT2D eigenvalue weighted by molar-refractivity contribution is 0.112. The van der Waals surface area contributed by atoms with Crippen LogP contribution in [0.4, 0.5) is 0 Å². The van der Waals surface area contributed by atoms with Gasteiger partial charge in [0.2, 0.25) is 0 Å². The van der Waals surface area contributed by atoms with Crippen LogP contribution in [0.15, 0.2) is 18.2 Å². The summed E-state index contributed by atoms with van der Waals surface area (Å²) in [4.78, 5) is 10.7. The second kappa shape index (κ2) is 6.23. The second-order valence-electron chi connectivity index (χ2n) is 3.19. The van der Waals surface area contributed by atoms with Crippen molar-refractivity contribution in [2.45, 2.75) is 6.42 Å². The fourth-order valence-corrected chi connectivity index (χ4v) is 1.44. The molecular weight excluding hydrogens is 224 g/mol. The van der Waals surface area contributed by atoms with Gasteiger partial charge >= 0.3 is 0 Å². The lowest BCUT2D eigenvalue weighted by Crippen LogP contribution is -1.90. The van der Waals surface area contributed by atoms with Gasteiger partial charge in [0, 0.05) is 0 Å². The first-order valence-corrected chi connectivity index (χ1v) is 5.49. The van der Waals surface area contributed by atoms with Crippen LogP contribution in [0.1, 0.15) is 22.3 Å². The SMILES string of the molecule is COc1cc(C=CCCS)cc(C=O)c1O. The largest absolute Gasteiger partial charge is 0.504 e. The molecule has 16 heavy (non-hydrogen) atoms. The van der Waals surface area contributed by atoms with Gasteiger partial charge in [-0.3, -0.25) is 4.79 Å². The molecule has 0 radical (unpaired) electrons. The van der Waals surface area contributed by atoms with E-state index in [4.69, 9.17) is 4.74 Å². The zero-order valence-corrected chi connectivity index (χ0v) is 9.91. The number of aromatic hydroxyl groups is 1. The Bertz CT molecular complexity index is 399. The molecule has 1 aromatic carbocycles. The third-order valence-electron chi connectivity index (χ3n) is 2.08. The van der Waals surface area contributed by atoms with Crippen molar-refractivity contribution >= 4 is 25.0 Å². The Morgan fingerprint density at radius 1 is 1.50 bits per heavy atom. The highest BCUT2D eigenvalue weighted by Gasteiger charge is 2.08. The summed E-state index contributed by atoms with van der Waals surface area (Å²) < 4.78 is 4.98. The molecule has 0 aliphatic rings. The van der Waals surface area contributed by atoms with Gasteiger partial charge in [0.15, 0.2) is 17.8 Å². The Hall–Kier alpha value is -1.42. The quantitative estimate of drug-likeness (QED) is 0.612. The van der Waals surface area contributed by atoms with E-state index in [2.05, 4.69) is 12.6 Å². The summed E-state index contributed by atoms with van der Waals surface area (Å²) in [7, 11) is 1.45. The molecule has 0 aliphatic carbocycles. The summed E-state index contributed by atoms with van der Waals surface area (Å²) in [6, 6.07) is 3.29. The molecule has 0 fully saturated rings. The number of hydrogen-bond donors (Lipinski definition) is 2.